The predicted molar refractivity (Wildman–Crippen MR) is 150 cm³/mol. The fraction of sp³-hybridized carbons (Fsp3) is 0.393. The number of ether oxygens (including phenoxy) is 2. The number of carbonyl (C=O) groups is 1. The van der Waals surface area contributed by atoms with E-state index in [1.165, 1.54) is 35.8 Å². The maximum atomic E-state index is 13.6. The highest BCUT2D eigenvalue weighted by atomic mass is 35.5. The van der Waals surface area contributed by atoms with Gasteiger partial charge in [-0.05, 0) is 68.7 Å². The molecule has 2 heterocycles. The molecule has 0 radical (unpaired) electrons. The van der Waals surface area contributed by atoms with Crippen molar-refractivity contribution >= 4 is 40.0 Å². The van der Waals surface area contributed by atoms with E-state index in [0.717, 1.165) is 31.1 Å². The number of benzene rings is 2. The van der Waals surface area contributed by atoms with Gasteiger partial charge in [0, 0.05) is 30.7 Å². The van der Waals surface area contributed by atoms with Gasteiger partial charge in [0.15, 0.2) is 11.5 Å². The number of fused-ring (bicyclic) bond motifs is 1. The molecule has 0 aliphatic heterocycles. The summed E-state index contributed by atoms with van der Waals surface area (Å²) in [5.41, 5.74) is 1.27. The van der Waals surface area contributed by atoms with E-state index in [4.69, 9.17) is 21.1 Å². The number of carbonyl (C=O) groups excluding carboxylic acids is 1. The van der Waals surface area contributed by atoms with Crippen LogP contribution in [0.1, 0.15) is 32.6 Å². The largest absolute Gasteiger partial charge is 0.493 e. The maximum absolute atomic E-state index is 13.6. The van der Waals surface area contributed by atoms with Gasteiger partial charge in [-0.1, -0.05) is 11.6 Å². The van der Waals surface area contributed by atoms with Gasteiger partial charge in [-0.25, -0.2) is 24.1 Å². The minimum Gasteiger partial charge on any atom is -0.493 e. The Labute approximate surface area is 236 Å². The van der Waals surface area contributed by atoms with Crippen LogP contribution in [-0.2, 0) is 0 Å². The first-order chi connectivity index (χ1) is 19.3. The monoisotopic (exact) mass is 567 g/mol. The van der Waals surface area contributed by atoms with Crippen molar-refractivity contribution in [1.82, 2.24) is 29.6 Å². The van der Waals surface area contributed by atoms with E-state index >= 15 is 0 Å². The lowest BCUT2D eigenvalue weighted by Gasteiger charge is -2.34. The molecule has 0 saturated heterocycles. The van der Waals surface area contributed by atoms with Gasteiger partial charge in [-0.15, -0.1) is 0 Å². The Morgan fingerprint density at radius 3 is 2.67 bits per heavy atom. The van der Waals surface area contributed by atoms with E-state index in [2.05, 4.69) is 32.3 Å². The minimum atomic E-state index is -0.490. The molecular weight excluding hydrogens is 537 g/mol. The Bertz CT molecular complexity index is 1480. The molecule has 12 heteroatoms. The number of aromatic nitrogens is 5. The summed E-state index contributed by atoms with van der Waals surface area (Å²) >= 11 is 5.96. The summed E-state index contributed by atoms with van der Waals surface area (Å²) in [6, 6.07) is 7.91. The fourth-order valence-electron chi connectivity index (χ4n) is 5.21. The fourth-order valence-corrected chi connectivity index (χ4v) is 5.39. The van der Waals surface area contributed by atoms with Crippen molar-refractivity contribution in [2.75, 3.05) is 26.0 Å². The topological polar surface area (TPSA) is 107 Å². The zero-order valence-corrected chi connectivity index (χ0v) is 23.3. The molecule has 210 valence electrons. The number of rotatable bonds is 8. The number of amides is 1. The number of nitrogens with zero attached hydrogens (tertiary/aromatic N) is 6. The number of anilines is 2. The summed E-state index contributed by atoms with van der Waals surface area (Å²) in [4.78, 5) is 26.8. The highest BCUT2D eigenvalue weighted by Gasteiger charge is 2.29. The molecule has 1 amide bonds. The lowest BCUT2D eigenvalue weighted by Crippen LogP contribution is -2.37. The van der Waals surface area contributed by atoms with E-state index in [-0.39, 0.29) is 17.2 Å². The summed E-state index contributed by atoms with van der Waals surface area (Å²) in [7, 11) is 3.40. The molecule has 2 aromatic carbocycles. The van der Waals surface area contributed by atoms with Crippen molar-refractivity contribution in [3.05, 3.63) is 60.2 Å². The van der Waals surface area contributed by atoms with Gasteiger partial charge < -0.3 is 19.7 Å². The SMILES string of the molecule is COc1cc2ncnc(Nc3ccc(F)c(Cl)c3)c2cc1O[C@@H](C)C1CCC(CN(C)C(=O)n2cncn2)CC1. The lowest BCUT2D eigenvalue weighted by atomic mass is 9.79. The summed E-state index contributed by atoms with van der Waals surface area (Å²) in [5, 5.41) is 7.88. The second-order valence-electron chi connectivity index (χ2n) is 10.1. The second-order valence-corrected chi connectivity index (χ2v) is 10.5. The van der Waals surface area contributed by atoms with Crippen LogP contribution in [0, 0.1) is 17.7 Å². The Hall–Kier alpha value is -3.99. The maximum Gasteiger partial charge on any atom is 0.345 e. The van der Waals surface area contributed by atoms with Crippen LogP contribution in [0.3, 0.4) is 0 Å². The molecule has 0 spiro atoms. The molecule has 0 bridgehead atoms. The number of nitrogens with one attached hydrogen (secondary N) is 1. The number of methoxy groups -OCH3 is 1. The van der Waals surface area contributed by atoms with Crippen molar-refractivity contribution in [3.63, 3.8) is 0 Å². The first-order valence-electron chi connectivity index (χ1n) is 13.1. The number of hydrogen-bond acceptors (Lipinski definition) is 8. The van der Waals surface area contributed by atoms with Crippen LogP contribution >= 0.6 is 11.6 Å². The highest BCUT2D eigenvalue weighted by Crippen LogP contribution is 2.38. The average Bonchev–Trinajstić information content (AvgIpc) is 3.50. The van der Waals surface area contributed by atoms with Crippen molar-refractivity contribution < 1.29 is 18.7 Å². The minimum absolute atomic E-state index is 0.0195. The van der Waals surface area contributed by atoms with Crippen LogP contribution in [0.4, 0.5) is 20.7 Å². The summed E-state index contributed by atoms with van der Waals surface area (Å²) in [6.07, 6.45) is 8.16. The molecule has 0 unspecified atom stereocenters. The highest BCUT2D eigenvalue weighted by molar-refractivity contribution is 6.31. The van der Waals surface area contributed by atoms with Crippen molar-refractivity contribution in [2.24, 2.45) is 11.8 Å². The number of halogens is 2. The molecule has 1 N–H and O–H groups in total. The van der Waals surface area contributed by atoms with Crippen molar-refractivity contribution in [3.8, 4) is 11.5 Å². The third-order valence-corrected chi connectivity index (χ3v) is 7.73. The third-order valence-electron chi connectivity index (χ3n) is 7.44. The molecule has 1 aliphatic carbocycles. The van der Waals surface area contributed by atoms with Gasteiger partial charge in [-0.2, -0.15) is 9.78 Å². The van der Waals surface area contributed by atoms with Gasteiger partial charge in [0.2, 0.25) is 0 Å². The molecule has 10 nitrogen and oxygen atoms in total. The summed E-state index contributed by atoms with van der Waals surface area (Å²) < 4.78 is 27.0. The van der Waals surface area contributed by atoms with E-state index in [0.29, 0.717) is 46.9 Å². The van der Waals surface area contributed by atoms with Crippen LogP contribution in [-0.4, -0.2) is 62.5 Å². The van der Waals surface area contributed by atoms with Crippen LogP contribution in [0.15, 0.2) is 49.3 Å². The van der Waals surface area contributed by atoms with Crippen LogP contribution in [0.25, 0.3) is 10.9 Å². The first-order valence-corrected chi connectivity index (χ1v) is 13.5. The number of hydrogen-bond donors (Lipinski definition) is 1. The molecular formula is C28H31ClFN7O3. The Morgan fingerprint density at radius 1 is 1.18 bits per heavy atom. The van der Waals surface area contributed by atoms with Gasteiger partial charge in [0.25, 0.3) is 0 Å². The lowest BCUT2D eigenvalue weighted by molar-refractivity contribution is 0.0996. The molecule has 1 fully saturated rings. The van der Waals surface area contributed by atoms with Crippen molar-refractivity contribution in [1.29, 1.82) is 0 Å². The van der Waals surface area contributed by atoms with Crippen molar-refractivity contribution in [2.45, 2.75) is 38.7 Å². The van der Waals surface area contributed by atoms with Crippen LogP contribution < -0.4 is 14.8 Å². The summed E-state index contributed by atoms with van der Waals surface area (Å²) in [6.45, 7) is 2.75. The van der Waals surface area contributed by atoms with Crippen LogP contribution in [0.5, 0.6) is 11.5 Å². The first kappa shape index (κ1) is 27.6. The van der Waals surface area contributed by atoms with Gasteiger partial charge >= 0.3 is 6.03 Å². The zero-order chi connectivity index (χ0) is 28.2. The normalized spacial score (nSPS) is 17.8. The van der Waals surface area contributed by atoms with E-state index in [1.54, 1.807) is 25.1 Å². The standard InChI is InChI=1S/C28H31ClFN7O3/c1-17(19-6-4-18(5-7-19)13-36(2)28(38)37-16-31-14-34-37)40-26-11-21-24(12-25(26)39-3)32-15-33-27(21)35-20-8-9-23(30)22(29)10-20/h8-12,14-19H,4-7,13H2,1-3H3,(H,32,33,35)/t17-,18?,19?/m0/s1. The summed E-state index contributed by atoms with van der Waals surface area (Å²) in [5.74, 6) is 2.00. The van der Waals surface area contributed by atoms with Crippen LogP contribution in [0.2, 0.25) is 5.02 Å². The average molecular weight is 568 g/mol. The molecule has 5 rings (SSSR count). The molecule has 1 aliphatic rings. The predicted octanol–water partition coefficient (Wildman–Crippen LogP) is 5.94. The van der Waals surface area contributed by atoms with Gasteiger partial charge in [0.05, 0.1) is 23.8 Å². The Balaban J connectivity index is 1.25. The Kier molecular flexibility index (Phi) is 8.29. The van der Waals surface area contributed by atoms with Gasteiger partial charge in [-0.3, -0.25) is 0 Å². The van der Waals surface area contributed by atoms with E-state index in [1.807, 2.05) is 12.1 Å². The third kappa shape index (κ3) is 6.09. The molecule has 1 saturated carbocycles. The zero-order valence-electron chi connectivity index (χ0n) is 22.6. The smallest absolute Gasteiger partial charge is 0.345 e. The quantitative estimate of drug-likeness (QED) is 0.279. The van der Waals surface area contributed by atoms with E-state index in [9.17, 15) is 9.18 Å². The molecule has 2 aromatic heterocycles. The second kappa shape index (κ2) is 12.0. The molecule has 40 heavy (non-hydrogen) atoms. The van der Waals surface area contributed by atoms with Gasteiger partial charge in [0.1, 0.15) is 30.6 Å². The molecule has 4 aromatic rings. The van der Waals surface area contributed by atoms with E-state index < -0.39 is 5.82 Å². The molecule has 1 atom stereocenters. The Morgan fingerprint density at radius 2 is 1.98 bits per heavy atom.